The lowest BCUT2D eigenvalue weighted by Gasteiger charge is -2.21. The van der Waals surface area contributed by atoms with Gasteiger partial charge in [0.2, 0.25) is 0 Å². The fourth-order valence-electron chi connectivity index (χ4n) is 1.90. The van der Waals surface area contributed by atoms with Gasteiger partial charge in [0, 0.05) is 17.7 Å². The Hall–Kier alpha value is -1.58. The van der Waals surface area contributed by atoms with E-state index in [9.17, 15) is 9.18 Å². The maximum atomic E-state index is 13.4. The van der Waals surface area contributed by atoms with Crippen molar-refractivity contribution in [2.75, 3.05) is 12.4 Å². The van der Waals surface area contributed by atoms with E-state index in [1.54, 1.807) is 19.1 Å². The fourth-order valence-corrected chi connectivity index (χ4v) is 1.90. The van der Waals surface area contributed by atoms with E-state index in [1.807, 2.05) is 0 Å². The molecule has 0 amide bonds. The zero-order chi connectivity index (χ0) is 11.1. The minimum atomic E-state index is -0.848. The van der Waals surface area contributed by atoms with E-state index in [1.165, 1.54) is 13.2 Å². The summed E-state index contributed by atoms with van der Waals surface area (Å²) in [4.78, 5) is 11.5. The molecule has 1 aromatic rings. The number of methoxy groups -OCH3 is 1. The predicted molar refractivity (Wildman–Crippen MR) is 54.1 cm³/mol. The van der Waals surface area contributed by atoms with Crippen molar-refractivity contribution in [3.8, 4) is 0 Å². The number of carbonyl (C=O) groups is 1. The Balaban J connectivity index is 2.37. The van der Waals surface area contributed by atoms with Gasteiger partial charge in [-0.2, -0.15) is 0 Å². The maximum Gasteiger partial charge on any atom is 0.331 e. The van der Waals surface area contributed by atoms with Gasteiger partial charge in [-0.25, -0.2) is 9.18 Å². The van der Waals surface area contributed by atoms with Crippen molar-refractivity contribution >= 4 is 11.7 Å². The molecule has 1 aliphatic rings. The third-order valence-corrected chi connectivity index (χ3v) is 2.70. The summed E-state index contributed by atoms with van der Waals surface area (Å²) < 4.78 is 18.1. The quantitative estimate of drug-likeness (QED) is 0.716. The van der Waals surface area contributed by atoms with Crippen LogP contribution in [0.3, 0.4) is 0 Å². The first-order valence-electron chi connectivity index (χ1n) is 4.71. The molecule has 4 heteroatoms. The molecule has 0 fully saturated rings. The first kappa shape index (κ1) is 9.96. The van der Waals surface area contributed by atoms with Gasteiger partial charge >= 0.3 is 5.97 Å². The molecule has 0 saturated heterocycles. The molecule has 0 aromatic heterocycles. The highest BCUT2D eigenvalue weighted by molar-refractivity contribution is 5.87. The highest BCUT2D eigenvalue weighted by atomic mass is 19.1. The number of rotatable bonds is 1. The Kier molecular flexibility index (Phi) is 2.14. The molecule has 0 aliphatic carbocycles. The molecule has 1 unspecified atom stereocenters. The number of halogens is 1. The number of hydrogen-bond donors (Lipinski definition) is 1. The van der Waals surface area contributed by atoms with Gasteiger partial charge < -0.3 is 10.1 Å². The SMILES string of the molecule is COC(=O)C1(C)Cc2c(F)cccc2N1. The van der Waals surface area contributed by atoms with Crippen LogP contribution in [-0.2, 0) is 16.0 Å². The minimum absolute atomic E-state index is 0.285. The van der Waals surface area contributed by atoms with Crippen LogP contribution in [0.1, 0.15) is 12.5 Å². The highest BCUT2D eigenvalue weighted by Gasteiger charge is 2.41. The Morgan fingerprint density at radius 3 is 2.93 bits per heavy atom. The average Bonchev–Trinajstić information content (AvgIpc) is 2.57. The number of esters is 1. The smallest absolute Gasteiger partial charge is 0.331 e. The van der Waals surface area contributed by atoms with Gasteiger partial charge in [0.1, 0.15) is 11.4 Å². The molecule has 0 bridgehead atoms. The lowest BCUT2D eigenvalue weighted by Crippen LogP contribution is -2.42. The molecule has 1 atom stereocenters. The number of ether oxygens (including phenoxy) is 1. The molecule has 3 nitrogen and oxygen atoms in total. The van der Waals surface area contributed by atoms with Crippen LogP contribution in [0.2, 0.25) is 0 Å². The summed E-state index contributed by atoms with van der Waals surface area (Å²) in [5.41, 5.74) is 0.368. The molecule has 1 aliphatic heterocycles. The van der Waals surface area contributed by atoms with Crippen molar-refractivity contribution in [3.05, 3.63) is 29.6 Å². The van der Waals surface area contributed by atoms with E-state index in [2.05, 4.69) is 10.1 Å². The second-order valence-corrected chi connectivity index (χ2v) is 3.89. The van der Waals surface area contributed by atoms with Gasteiger partial charge in [-0.1, -0.05) is 6.07 Å². The van der Waals surface area contributed by atoms with Crippen molar-refractivity contribution in [3.63, 3.8) is 0 Å². The van der Waals surface area contributed by atoms with E-state index in [4.69, 9.17) is 0 Å². The number of fused-ring (bicyclic) bond motifs is 1. The summed E-state index contributed by atoms with van der Waals surface area (Å²) in [6.45, 7) is 1.71. The van der Waals surface area contributed by atoms with Crippen LogP contribution in [0, 0.1) is 5.82 Å². The summed E-state index contributed by atoms with van der Waals surface area (Å²) >= 11 is 0. The topological polar surface area (TPSA) is 38.3 Å². The van der Waals surface area contributed by atoms with Gasteiger partial charge in [0.15, 0.2) is 0 Å². The Bertz CT molecular complexity index is 419. The van der Waals surface area contributed by atoms with Gasteiger partial charge in [0.05, 0.1) is 7.11 Å². The van der Waals surface area contributed by atoms with E-state index in [-0.39, 0.29) is 11.8 Å². The molecule has 1 aromatic carbocycles. The third-order valence-electron chi connectivity index (χ3n) is 2.70. The molecule has 0 radical (unpaired) electrons. The highest BCUT2D eigenvalue weighted by Crippen LogP contribution is 2.34. The predicted octanol–water partition coefficient (Wildman–Crippen LogP) is 1.73. The normalized spacial score (nSPS) is 23.1. The van der Waals surface area contributed by atoms with Crippen LogP contribution in [-0.4, -0.2) is 18.6 Å². The number of benzene rings is 1. The first-order chi connectivity index (χ1) is 7.07. The lowest BCUT2D eigenvalue weighted by atomic mass is 9.98. The van der Waals surface area contributed by atoms with E-state index in [0.29, 0.717) is 17.7 Å². The summed E-state index contributed by atoms with van der Waals surface area (Å²) in [6, 6.07) is 4.76. The van der Waals surface area contributed by atoms with Crippen LogP contribution >= 0.6 is 0 Å². The van der Waals surface area contributed by atoms with Gasteiger partial charge in [0.25, 0.3) is 0 Å². The van der Waals surface area contributed by atoms with Crippen molar-refractivity contribution < 1.29 is 13.9 Å². The second-order valence-electron chi connectivity index (χ2n) is 3.89. The Labute approximate surface area is 87.2 Å². The van der Waals surface area contributed by atoms with E-state index in [0.717, 1.165) is 0 Å². The van der Waals surface area contributed by atoms with Crippen molar-refractivity contribution in [1.29, 1.82) is 0 Å². The zero-order valence-electron chi connectivity index (χ0n) is 8.63. The third kappa shape index (κ3) is 1.46. The average molecular weight is 209 g/mol. The minimum Gasteiger partial charge on any atom is -0.467 e. The van der Waals surface area contributed by atoms with Crippen molar-refractivity contribution in [2.45, 2.75) is 18.9 Å². The molecule has 15 heavy (non-hydrogen) atoms. The zero-order valence-corrected chi connectivity index (χ0v) is 8.63. The van der Waals surface area contributed by atoms with Gasteiger partial charge in [-0.05, 0) is 19.1 Å². The van der Waals surface area contributed by atoms with Gasteiger partial charge in [-0.15, -0.1) is 0 Å². The second kappa shape index (κ2) is 3.22. The van der Waals surface area contributed by atoms with Crippen LogP contribution in [0.4, 0.5) is 10.1 Å². The molecule has 80 valence electrons. The summed E-state index contributed by atoms with van der Waals surface area (Å²) in [7, 11) is 1.33. The van der Waals surface area contributed by atoms with Crippen molar-refractivity contribution in [2.24, 2.45) is 0 Å². The largest absolute Gasteiger partial charge is 0.467 e. The molecule has 1 N–H and O–H groups in total. The van der Waals surface area contributed by atoms with Crippen LogP contribution < -0.4 is 5.32 Å². The van der Waals surface area contributed by atoms with Crippen LogP contribution in [0.15, 0.2) is 18.2 Å². The lowest BCUT2D eigenvalue weighted by molar-refractivity contribution is -0.145. The molecule has 2 rings (SSSR count). The standard InChI is InChI=1S/C11H12FNO2/c1-11(10(14)15-2)6-7-8(12)4-3-5-9(7)13-11/h3-5,13H,6H2,1-2H3. The molecular formula is C11H12FNO2. The molecular weight excluding hydrogens is 197 g/mol. The molecule has 0 spiro atoms. The number of hydrogen-bond acceptors (Lipinski definition) is 3. The summed E-state index contributed by atoms with van der Waals surface area (Å²) in [6.07, 6.45) is 0.321. The van der Waals surface area contributed by atoms with E-state index < -0.39 is 5.54 Å². The molecule has 1 heterocycles. The van der Waals surface area contributed by atoms with Gasteiger partial charge in [-0.3, -0.25) is 0 Å². The monoisotopic (exact) mass is 209 g/mol. The fraction of sp³-hybridized carbons (Fsp3) is 0.364. The molecule has 0 saturated carbocycles. The van der Waals surface area contributed by atoms with Crippen LogP contribution in [0.5, 0.6) is 0 Å². The van der Waals surface area contributed by atoms with Crippen LogP contribution in [0.25, 0.3) is 0 Å². The Morgan fingerprint density at radius 2 is 2.33 bits per heavy atom. The maximum absolute atomic E-state index is 13.4. The first-order valence-corrected chi connectivity index (χ1v) is 4.71. The number of carbonyl (C=O) groups excluding carboxylic acids is 1. The van der Waals surface area contributed by atoms with E-state index >= 15 is 0 Å². The number of anilines is 1. The Morgan fingerprint density at radius 1 is 1.60 bits per heavy atom. The number of nitrogens with one attached hydrogen (secondary N) is 1. The summed E-state index contributed by atoms with van der Waals surface area (Å²) in [5, 5.41) is 2.99. The summed E-state index contributed by atoms with van der Waals surface area (Å²) in [5.74, 6) is -0.661. The van der Waals surface area contributed by atoms with Crippen molar-refractivity contribution in [1.82, 2.24) is 0 Å².